The van der Waals surface area contributed by atoms with Crippen LogP contribution in [0.2, 0.25) is 0 Å². The number of carbonyl (C=O) groups is 1. The third-order valence-electron chi connectivity index (χ3n) is 2.31. The molecule has 1 aromatic carbocycles. The SMILES string of the molecule is CCOC(=O)C(N)CCSc1ccc(C)cc1. The highest BCUT2D eigenvalue weighted by Gasteiger charge is 2.13. The molecule has 0 heterocycles. The maximum Gasteiger partial charge on any atom is 0.322 e. The van der Waals surface area contributed by atoms with E-state index in [0.717, 1.165) is 5.75 Å². The Hall–Kier alpha value is -1.00. The third-order valence-corrected chi connectivity index (χ3v) is 3.35. The lowest BCUT2D eigenvalue weighted by molar-refractivity contribution is -0.144. The number of aryl methyl sites for hydroxylation is 1. The monoisotopic (exact) mass is 253 g/mol. The molecule has 0 fully saturated rings. The molecule has 0 amide bonds. The van der Waals surface area contributed by atoms with Crippen molar-refractivity contribution in [2.24, 2.45) is 5.73 Å². The fraction of sp³-hybridized carbons (Fsp3) is 0.462. The van der Waals surface area contributed by atoms with Crippen molar-refractivity contribution in [2.75, 3.05) is 12.4 Å². The first-order valence-electron chi connectivity index (χ1n) is 5.75. The first-order valence-corrected chi connectivity index (χ1v) is 6.73. The second-order valence-electron chi connectivity index (χ2n) is 3.81. The van der Waals surface area contributed by atoms with Crippen molar-refractivity contribution < 1.29 is 9.53 Å². The molecule has 94 valence electrons. The van der Waals surface area contributed by atoms with Crippen molar-refractivity contribution in [3.05, 3.63) is 29.8 Å². The molecule has 17 heavy (non-hydrogen) atoms. The van der Waals surface area contributed by atoms with Crippen LogP contribution in [0.5, 0.6) is 0 Å². The lowest BCUT2D eigenvalue weighted by Gasteiger charge is -2.09. The highest BCUT2D eigenvalue weighted by molar-refractivity contribution is 7.99. The van der Waals surface area contributed by atoms with Crippen LogP contribution >= 0.6 is 11.8 Å². The van der Waals surface area contributed by atoms with Crippen molar-refractivity contribution >= 4 is 17.7 Å². The van der Waals surface area contributed by atoms with Crippen LogP contribution in [0.4, 0.5) is 0 Å². The number of thioether (sulfide) groups is 1. The summed E-state index contributed by atoms with van der Waals surface area (Å²) in [5.74, 6) is 0.514. The highest BCUT2D eigenvalue weighted by atomic mass is 32.2. The number of carbonyl (C=O) groups excluding carboxylic acids is 1. The minimum atomic E-state index is -0.507. The number of benzene rings is 1. The Balaban J connectivity index is 2.27. The van der Waals surface area contributed by atoms with Crippen LogP contribution in [0.3, 0.4) is 0 Å². The molecule has 0 bridgehead atoms. The topological polar surface area (TPSA) is 52.3 Å². The van der Waals surface area contributed by atoms with Gasteiger partial charge in [0, 0.05) is 10.6 Å². The molecule has 0 saturated carbocycles. The number of esters is 1. The molecule has 0 aliphatic rings. The van der Waals surface area contributed by atoms with Gasteiger partial charge in [-0.3, -0.25) is 4.79 Å². The van der Waals surface area contributed by atoms with Crippen LogP contribution in [-0.4, -0.2) is 24.4 Å². The number of hydrogen-bond acceptors (Lipinski definition) is 4. The normalized spacial score (nSPS) is 12.2. The fourth-order valence-corrected chi connectivity index (χ4v) is 2.24. The number of hydrogen-bond donors (Lipinski definition) is 1. The van der Waals surface area contributed by atoms with Crippen LogP contribution in [0.25, 0.3) is 0 Å². The third kappa shape index (κ3) is 5.24. The molecule has 1 rings (SSSR count). The van der Waals surface area contributed by atoms with Gasteiger partial charge >= 0.3 is 5.97 Å². The van der Waals surface area contributed by atoms with Crippen LogP contribution in [0, 0.1) is 6.92 Å². The lowest BCUT2D eigenvalue weighted by atomic mass is 10.2. The Kier molecular flexibility index (Phi) is 6.08. The van der Waals surface area contributed by atoms with E-state index in [1.54, 1.807) is 18.7 Å². The summed E-state index contributed by atoms with van der Waals surface area (Å²) in [6.45, 7) is 4.23. The molecule has 1 atom stereocenters. The predicted molar refractivity (Wildman–Crippen MR) is 71.1 cm³/mol. The number of nitrogens with two attached hydrogens (primary N) is 1. The van der Waals surface area contributed by atoms with E-state index in [1.165, 1.54) is 10.5 Å². The molecule has 0 spiro atoms. The summed E-state index contributed by atoms with van der Waals surface area (Å²) in [5, 5.41) is 0. The van der Waals surface area contributed by atoms with Gasteiger partial charge in [0.1, 0.15) is 6.04 Å². The van der Waals surface area contributed by atoms with Gasteiger partial charge in [0.2, 0.25) is 0 Å². The van der Waals surface area contributed by atoms with Gasteiger partial charge in [-0.25, -0.2) is 0 Å². The molecule has 0 aliphatic carbocycles. The molecular weight excluding hydrogens is 234 g/mol. The molecule has 2 N–H and O–H groups in total. The average molecular weight is 253 g/mol. The number of ether oxygens (including phenoxy) is 1. The summed E-state index contributed by atoms with van der Waals surface area (Å²) in [6, 6.07) is 7.81. The molecule has 1 unspecified atom stereocenters. The van der Waals surface area contributed by atoms with Gasteiger partial charge in [0.15, 0.2) is 0 Å². The Morgan fingerprint density at radius 3 is 2.65 bits per heavy atom. The largest absolute Gasteiger partial charge is 0.465 e. The average Bonchev–Trinajstić information content (AvgIpc) is 2.32. The van der Waals surface area contributed by atoms with Crippen LogP contribution in [0.1, 0.15) is 18.9 Å². The van der Waals surface area contributed by atoms with E-state index in [-0.39, 0.29) is 5.97 Å². The van der Waals surface area contributed by atoms with E-state index >= 15 is 0 Å². The summed E-state index contributed by atoms with van der Waals surface area (Å²) in [5.41, 5.74) is 6.95. The zero-order valence-corrected chi connectivity index (χ0v) is 11.1. The summed E-state index contributed by atoms with van der Waals surface area (Å²) in [6.07, 6.45) is 0.636. The summed E-state index contributed by atoms with van der Waals surface area (Å²) in [4.78, 5) is 12.5. The smallest absolute Gasteiger partial charge is 0.322 e. The maximum atomic E-state index is 11.3. The van der Waals surface area contributed by atoms with Gasteiger partial charge in [-0.15, -0.1) is 11.8 Å². The van der Waals surface area contributed by atoms with Crippen LogP contribution < -0.4 is 5.73 Å². The molecule has 0 radical (unpaired) electrons. The first-order chi connectivity index (χ1) is 8.13. The predicted octanol–water partition coefficient (Wildman–Crippen LogP) is 2.37. The van der Waals surface area contributed by atoms with Gasteiger partial charge in [0.25, 0.3) is 0 Å². The lowest BCUT2D eigenvalue weighted by Crippen LogP contribution is -2.32. The van der Waals surface area contributed by atoms with Crippen molar-refractivity contribution in [3.63, 3.8) is 0 Å². The van der Waals surface area contributed by atoms with Gasteiger partial charge in [-0.1, -0.05) is 17.7 Å². The van der Waals surface area contributed by atoms with Gasteiger partial charge < -0.3 is 10.5 Å². The Bertz CT molecular complexity index is 351. The molecule has 0 saturated heterocycles. The van der Waals surface area contributed by atoms with E-state index < -0.39 is 6.04 Å². The van der Waals surface area contributed by atoms with Gasteiger partial charge in [-0.2, -0.15) is 0 Å². The Morgan fingerprint density at radius 1 is 1.41 bits per heavy atom. The summed E-state index contributed by atoms with van der Waals surface area (Å²) in [7, 11) is 0. The molecule has 1 aromatic rings. The molecule has 0 aromatic heterocycles. The van der Waals surface area contributed by atoms with Crippen molar-refractivity contribution in [3.8, 4) is 0 Å². The van der Waals surface area contributed by atoms with E-state index in [1.807, 2.05) is 0 Å². The van der Waals surface area contributed by atoms with Crippen LogP contribution in [0.15, 0.2) is 29.2 Å². The van der Waals surface area contributed by atoms with E-state index in [0.29, 0.717) is 13.0 Å². The van der Waals surface area contributed by atoms with E-state index in [9.17, 15) is 4.79 Å². The molecular formula is C13H19NO2S. The van der Waals surface area contributed by atoms with E-state index in [4.69, 9.17) is 10.5 Å². The second kappa shape index (κ2) is 7.35. The minimum absolute atomic E-state index is 0.308. The highest BCUT2D eigenvalue weighted by Crippen LogP contribution is 2.19. The van der Waals surface area contributed by atoms with Crippen LogP contribution in [-0.2, 0) is 9.53 Å². The fourth-order valence-electron chi connectivity index (χ4n) is 1.31. The van der Waals surface area contributed by atoms with E-state index in [2.05, 4.69) is 31.2 Å². The molecule has 3 nitrogen and oxygen atoms in total. The Morgan fingerprint density at radius 2 is 2.06 bits per heavy atom. The second-order valence-corrected chi connectivity index (χ2v) is 4.98. The summed E-state index contributed by atoms with van der Waals surface area (Å²) < 4.78 is 4.85. The van der Waals surface area contributed by atoms with Crippen molar-refractivity contribution in [1.29, 1.82) is 0 Å². The first kappa shape index (κ1) is 14.1. The van der Waals surface area contributed by atoms with Gasteiger partial charge in [0.05, 0.1) is 6.61 Å². The maximum absolute atomic E-state index is 11.3. The van der Waals surface area contributed by atoms with Gasteiger partial charge in [-0.05, 0) is 32.4 Å². The minimum Gasteiger partial charge on any atom is -0.465 e. The summed E-state index contributed by atoms with van der Waals surface area (Å²) >= 11 is 1.71. The molecule has 4 heteroatoms. The zero-order valence-electron chi connectivity index (χ0n) is 10.3. The Labute approximate surface area is 107 Å². The molecule has 0 aliphatic heterocycles. The quantitative estimate of drug-likeness (QED) is 0.624. The number of rotatable bonds is 6. The van der Waals surface area contributed by atoms with Crippen molar-refractivity contribution in [2.45, 2.75) is 31.2 Å². The zero-order chi connectivity index (χ0) is 12.7. The standard InChI is InChI=1S/C13H19NO2S/c1-3-16-13(15)12(14)8-9-17-11-6-4-10(2)5-7-11/h4-7,12H,3,8-9,14H2,1-2H3. The van der Waals surface area contributed by atoms with Crippen molar-refractivity contribution in [1.82, 2.24) is 0 Å².